The van der Waals surface area contributed by atoms with Gasteiger partial charge in [-0.2, -0.15) is 0 Å². The van der Waals surface area contributed by atoms with Crippen molar-refractivity contribution in [3.8, 4) is 0 Å². The Morgan fingerprint density at radius 3 is 2.33 bits per heavy atom. The molecule has 2 rings (SSSR count). The van der Waals surface area contributed by atoms with E-state index in [-0.39, 0.29) is 24.4 Å². The summed E-state index contributed by atoms with van der Waals surface area (Å²) in [7, 11) is 0. The molecule has 2 N–H and O–H groups in total. The highest BCUT2D eigenvalue weighted by molar-refractivity contribution is 9.10. The Labute approximate surface area is 150 Å². The zero-order chi connectivity index (χ0) is 17.7. The van der Waals surface area contributed by atoms with Crippen LogP contribution in [0.1, 0.15) is 40.0 Å². The lowest BCUT2D eigenvalue weighted by Crippen LogP contribution is -2.38. The van der Waals surface area contributed by atoms with Crippen LogP contribution in [-0.4, -0.2) is 18.4 Å². The molecule has 0 radical (unpaired) electrons. The van der Waals surface area contributed by atoms with Gasteiger partial charge in [-0.05, 0) is 61.7 Å². The summed E-state index contributed by atoms with van der Waals surface area (Å²) in [5.41, 5.74) is 3.75. The van der Waals surface area contributed by atoms with Crippen molar-refractivity contribution < 1.29 is 9.59 Å². The first kappa shape index (κ1) is 18.2. The molecule has 2 aromatic carbocycles. The minimum absolute atomic E-state index is 0.0490. The molecule has 0 unspecified atom stereocenters. The highest BCUT2D eigenvalue weighted by atomic mass is 79.9. The van der Waals surface area contributed by atoms with Crippen molar-refractivity contribution in [2.45, 2.75) is 26.8 Å². The molecule has 0 aliphatic rings. The van der Waals surface area contributed by atoms with E-state index in [9.17, 15) is 9.59 Å². The van der Waals surface area contributed by atoms with Crippen LogP contribution in [0.2, 0.25) is 0 Å². The van der Waals surface area contributed by atoms with Crippen LogP contribution in [0.15, 0.2) is 46.9 Å². The van der Waals surface area contributed by atoms with Crippen LogP contribution in [0.5, 0.6) is 0 Å². The fraction of sp³-hybridized carbons (Fsp3) is 0.263. The maximum absolute atomic E-state index is 12.1. The molecule has 0 heterocycles. The van der Waals surface area contributed by atoms with E-state index >= 15 is 0 Å². The molecule has 0 aliphatic carbocycles. The average molecular weight is 389 g/mol. The van der Waals surface area contributed by atoms with E-state index in [0.717, 1.165) is 21.2 Å². The summed E-state index contributed by atoms with van der Waals surface area (Å²) in [4.78, 5) is 24.1. The third kappa shape index (κ3) is 4.93. The van der Waals surface area contributed by atoms with Crippen molar-refractivity contribution in [1.29, 1.82) is 0 Å². The predicted octanol–water partition coefficient (Wildman–Crippen LogP) is 3.67. The minimum Gasteiger partial charge on any atom is -0.348 e. The first-order valence-electron chi connectivity index (χ1n) is 7.77. The Morgan fingerprint density at radius 1 is 1.04 bits per heavy atom. The molecule has 0 aromatic heterocycles. The zero-order valence-electron chi connectivity index (χ0n) is 14.0. The van der Waals surface area contributed by atoms with Gasteiger partial charge >= 0.3 is 0 Å². The number of amides is 2. The van der Waals surface area contributed by atoms with Crippen molar-refractivity contribution in [1.82, 2.24) is 10.6 Å². The van der Waals surface area contributed by atoms with E-state index in [0.29, 0.717) is 5.56 Å². The maximum Gasteiger partial charge on any atom is 0.251 e. The van der Waals surface area contributed by atoms with Gasteiger partial charge in [0.1, 0.15) is 0 Å². The number of aryl methyl sites for hydroxylation is 2. The summed E-state index contributed by atoms with van der Waals surface area (Å²) in [6.45, 7) is 5.81. The zero-order valence-corrected chi connectivity index (χ0v) is 15.6. The smallest absolute Gasteiger partial charge is 0.251 e. The molecule has 0 bridgehead atoms. The van der Waals surface area contributed by atoms with Gasteiger partial charge in [-0.3, -0.25) is 9.59 Å². The molecule has 0 aliphatic heterocycles. The van der Waals surface area contributed by atoms with Gasteiger partial charge in [0.2, 0.25) is 5.91 Å². The van der Waals surface area contributed by atoms with E-state index in [1.807, 2.05) is 57.2 Å². The predicted molar refractivity (Wildman–Crippen MR) is 98.9 cm³/mol. The number of halogens is 1. The normalized spacial score (nSPS) is 11.7. The molecular formula is C19H21BrN2O2. The number of benzene rings is 2. The van der Waals surface area contributed by atoms with Crippen LogP contribution in [0.4, 0.5) is 0 Å². The molecule has 5 heteroatoms. The van der Waals surface area contributed by atoms with Gasteiger partial charge in [0.25, 0.3) is 5.91 Å². The Hall–Kier alpha value is -2.14. The first-order chi connectivity index (χ1) is 11.4. The summed E-state index contributed by atoms with van der Waals surface area (Å²) in [6, 6.07) is 13.1. The number of carbonyl (C=O) groups excluding carboxylic acids is 2. The highest BCUT2D eigenvalue weighted by Gasteiger charge is 2.12. The Balaban J connectivity index is 1.87. The molecule has 126 valence electrons. The Kier molecular flexibility index (Phi) is 6.15. The van der Waals surface area contributed by atoms with E-state index in [1.54, 1.807) is 6.07 Å². The Morgan fingerprint density at radius 2 is 1.71 bits per heavy atom. The van der Waals surface area contributed by atoms with Gasteiger partial charge < -0.3 is 10.6 Å². The summed E-state index contributed by atoms with van der Waals surface area (Å²) >= 11 is 3.38. The second-order valence-electron chi connectivity index (χ2n) is 5.82. The van der Waals surface area contributed by atoms with Crippen molar-refractivity contribution in [3.63, 3.8) is 0 Å². The van der Waals surface area contributed by atoms with Crippen molar-refractivity contribution >= 4 is 27.7 Å². The SMILES string of the molecule is Cc1ccc(C(=O)NCC(=O)N[C@H](C)c2ccc(Br)cc2)cc1C. The molecule has 2 aromatic rings. The molecular weight excluding hydrogens is 368 g/mol. The van der Waals surface area contributed by atoms with Crippen molar-refractivity contribution in [2.75, 3.05) is 6.54 Å². The van der Waals surface area contributed by atoms with Gasteiger partial charge in [-0.1, -0.05) is 34.1 Å². The quantitative estimate of drug-likeness (QED) is 0.820. The fourth-order valence-electron chi connectivity index (χ4n) is 2.27. The molecule has 0 saturated carbocycles. The van der Waals surface area contributed by atoms with E-state index in [1.165, 1.54) is 0 Å². The molecule has 0 spiro atoms. The first-order valence-corrected chi connectivity index (χ1v) is 8.56. The number of rotatable bonds is 5. The lowest BCUT2D eigenvalue weighted by Gasteiger charge is -2.15. The third-order valence-corrected chi connectivity index (χ3v) is 4.45. The van der Waals surface area contributed by atoms with Crippen molar-refractivity contribution in [2.24, 2.45) is 0 Å². The summed E-state index contributed by atoms with van der Waals surface area (Å²) < 4.78 is 0.991. The second kappa shape index (κ2) is 8.11. The lowest BCUT2D eigenvalue weighted by atomic mass is 10.1. The highest BCUT2D eigenvalue weighted by Crippen LogP contribution is 2.16. The largest absolute Gasteiger partial charge is 0.348 e. The molecule has 2 amide bonds. The molecule has 1 atom stereocenters. The standard InChI is InChI=1S/C19H21BrN2O2/c1-12-4-5-16(10-13(12)2)19(24)21-11-18(23)22-14(3)15-6-8-17(20)9-7-15/h4-10,14H,11H2,1-3H3,(H,21,24)(H,22,23)/t14-/m1/s1. The topological polar surface area (TPSA) is 58.2 Å². The van der Waals surface area contributed by atoms with E-state index in [4.69, 9.17) is 0 Å². The summed E-state index contributed by atoms with van der Waals surface area (Å²) in [5, 5.41) is 5.53. The second-order valence-corrected chi connectivity index (χ2v) is 6.74. The van der Waals surface area contributed by atoms with Crippen LogP contribution in [0, 0.1) is 13.8 Å². The number of hydrogen-bond donors (Lipinski definition) is 2. The summed E-state index contributed by atoms with van der Waals surface area (Å²) in [6.07, 6.45) is 0. The van der Waals surface area contributed by atoms with E-state index in [2.05, 4.69) is 26.6 Å². The lowest BCUT2D eigenvalue weighted by molar-refractivity contribution is -0.120. The third-order valence-electron chi connectivity index (χ3n) is 3.93. The maximum atomic E-state index is 12.1. The van der Waals surface area contributed by atoms with Crippen LogP contribution < -0.4 is 10.6 Å². The molecule has 0 fully saturated rings. The minimum atomic E-state index is -0.246. The molecule has 4 nitrogen and oxygen atoms in total. The van der Waals surface area contributed by atoms with Crippen LogP contribution in [-0.2, 0) is 4.79 Å². The molecule has 24 heavy (non-hydrogen) atoms. The van der Waals surface area contributed by atoms with Crippen LogP contribution in [0.25, 0.3) is 0 Å². The van der Waals surface area contributed by atoms with Gasteiger partial charge in [0, 0.05) is 10.0 Å². The number of nitrogens with one attached hydrogen (secondary N) is 2. The van der Waals surface area contributed by atoms with Crippen LogP contribution >= 0.6 is 15.9 Å². The Bertz CT molecular complexity index is 742. The van der Waals surface area contributed by atoms with Crippen molar-refractivity contribution in [3.05, 3.63) is 69.2 Å². The van der Waals surface area contributed by atoms with Gasteiger partial charge in [-0.25, -0.2) is 0 Å². The monoisotopic (exact) mass is 388 g/mol. The fourth-order valence-corrected chi connectivity index (χ4v) is 2.54. The molecule has 0 saturated heterocycles. The van der Waals surface area contributed by atoms with Gasteiger partial charge in [0.15, 0.2) is 0 Å². The number of carbonyl (C=O) groups is 2. The average Bonchev–Trinajstić information content (AvgIpc) is 2.55. The van der Waals surface area contributed by atoms with Gasteiger partial charge in [0.05, 0.1) is 12.6 Å². The van der Waals surface area contributed by atoms with Crippen LogP contribution in [0.3, 0.4) is 0 Å². The van der Waals surface area contributed by atoms with E-state index < -0.39 is 0 Å². The number of hydrogen-bond acceptors (Lipinski definition) is 2. The van der Waals surface area contributed by atoms with Gasteiger partial charge in [-0.15, -0.1) is 0 Å². The summed E-state index contributed by atoms with van der Waals surface area (Å²) in [5.74, 6) is -0.466.